The molecule has 354 valence electrons. The van der Waals surface area contributed by atoms with E-state index in [0.29, 0.717) is 41.6 Å². The number of benzene rings is 3. The highest BCUT2D eigenvalue weighted by Crippen LogP contribution is 2.63. The van der Waals surface area contributed by atoms with Crippen LogP contribution in [0.1, 0.15) is 140 Å². The molecule has 2 aliphatic rings. The maximum Gasteiger partial charge on any atom is 0.338 e. The van der Waals surface area contributed by atoms with Gasteiger partial charge in [0.25, 0.3) is 0 Å². The van der Waals surface area contributed by atoms with Gasteiger partial charge in [-0.15, -0.1) is 0 Å². The van der Waals surface area contributed by atoms with E-state index in [-0.39, 0.29) is 6.61 Å². The lowest BCUT2D eigenvalue weighted by atomic mass is 9.68. The van der Waals surface area contributed by atoms with E-state index in [1.807, 2.05) is 24.3 Å². The van der Waals surface area contributed by atoms with Crippen molar-refractivity contribution in [1.29, 1.82) is 0 Å². The van der Waals surface area contributed by atoms with Crippen LogP contribution in [0.5, 0.6) is 17.2 Å². The lowest BCUT2D eigenvalue weighted by Gasteiger charge is -2.41. The van der Waals surface area contributed by atoms with Crippen LogP contribution in [0.3, 0.4) is 0 Å². The van der Waals surface area contributed by atoms with Crippen LogP contribution in [0.2, 0.25) is 0 Å². The summed E-state index contributed by atoms with van der Waals surface area (Å²) in [5, 5.41) is 9.88. The lowest BCUT2D eigenvalue weighted by molar-refractivity contribution is -0.130. The predicted octanol–water partition coefficient (Wildman–Crippen LogP) is 14.2. The summed E-state index contributed by atoms with van der Waals surface area (Å²) in [5.41, 5.74) is 4.75. The largest absolute Gasteiger partial charge is 0.491 e. The second-order valence-corrected chi connectivity index (χ2v) is 27.8. The zero-order valence-corrected chi connectivity index (χ0v) is 42.3. The number of aryl methyl sites for hydroxylation is 2. The number of carbonyl (C=O) groups is 2. The minimum atomic E-state index is -1.29. The predicted molar refractivity (Wildman–Crippen MR) is 273 cm³/mol. The number of aliphatic hydroxyl groups is 1. The van der Waals surface area contributed by atoms with Gasteiger partial charge in [0.15, 0.2) is 0 Å². The van der Waals surface area contributed by atoms with E-state index < -0.39 is 32.0 Å². The monoisotopic (exact) mass is 915 g/mol. The molecule has 3 aromatic rings. The summed E-state index contributed by atoms with van der Waals surface area (Å²) in [5.74, 6) is 6.80. The number of hydrogen-bond acceptors (Lipinski definition) is 6. The first kappa shape index (κ1) is 51.5. The standard InChI is InChI=1S/C56H82O6S2/c1-10-11-12-16-43-19-25-46(26-20-43)47-27-29-48(30-28-47)49-39-52(63(6,7)37-13-17-44-21-31-50(32-22-44)61-55(58)41(2)3)54(60-36-15-35-57)53(40-49)64(8,9)38-14-18-45-23-33-51(34-24-45)62-56(59)42(4)5/h21-24,31-34,39-40,43,46-48,57H,2,4,10-20,25-30,35-38H2,1,3,5-9H3. The highest BCUT2D eigenvalue weighted by molar-refractivity contribution is 8.33. The van der Waals surface area contributed by atoms with Crippen LogP contribution < -0.4 is 14.2 Å². The Balaban J connectivity index is 1.37. The van der Waals surface area contributed by atoms with Crippen LogP contribution in [-0.4, -0.2) is 66.8 Å². The van der Waals surface area contributed by atoms with E-state index in [0.717, 1.165) is 60.7 Å². The van der Waals surface area contributed by atoms with Crippen LogP contribution in [0.25, 0.3) is 0 Å². The van der Waals surface area contributed by atoms with Crippen molar-refractivity contribution < 1.29 is 28.9 Å². The number of unbranched alkanes of at least 4 members (excludes halogenated alkanes) is 2. The van der Waals surface area contributed by atoms with E-state index in [9.17, 15) is 14.7 Å². The Morgan fingerprint density at radius 3 is 1.52 bits per heavy atom. The maximum atomic E-state index is 12.1. The molecule has 64 heavy (non-hydrogen) atoms. The van der Waals surface area contributed by atoms with Gasteiger partial charge >= 0.3 is 11.9 Å². The molecule has 3 aromatic carbocycles. The lowest BCUT2D eigenvalue weighted by Crippen LogP contribution is -2.25. The second-order valence-electron chi connectivity index (χ2n) is 20.0. The fourth-order valence-electron chi connectivity index (χ4n) is 9.92. The van der Waals surface area contributed by atoms with Gasteiger partial charge in [0.2, 0.25) is 0 Å². The Labute approximate surface area is 391 Å². The zero-order chi connectivity index (χ0) is 46.3. The van der Waals surface area contributed by atoms with Gasteiger partial charge in [-0.05, 0) is 191 Å². The first-order chi connectivity index (χ1) is 30.6. The molecule has 0 spiro atoms. The smallest absolute Gasteiger partial charge is 0.338 e. The Hall–Kier alpha value is -3.46. The third-order valence-electron chi connectivity index (χ3n) is 14.0. The summed E-state index contributed by atoms with van der Waals surface area (Å²) in [6.45, 7) is 13.6. The summed E-state index contributed by atoms with van der Waals surface area (Å²) in [4.78, 5) is 26.9. The molecule has 0 saturated heterocycles. The van der Waals surface area contributed by atoms with Crippen molar-refractivity contribution >= 4 is 32.0 Å². The van der Waals surface area contributed by atoms with Crippen molar-refractivity contribution in [3.63, 3.8) is 0 Å². The van der Waals surface area contributed by atoms with Crippen molar-refractivity contribution in [2.75, 3.05) is 49.7 Å². The first-order valence-corrected chi connectivity index (χ1v) is 29.6. The van der Waals surface area contributed by atoms with Crippen molar-refractivity contribution in [1.82, 2.24) is 0 Å². The third-order valence-corrected chi connectivity index (χ3v) is 19.6. The highest BCUT2D eigenvalue weighted by Gasteiger charge is 2.34. The normalized spacial score (nSPS) is 19.7. The molecule has 6 nitrogen and oxygen atoms in total. The summed E-state index contributed by atoms with van der Waals surface area (Å²) in [6, 6.07) is 20.9. The van der Waals surface area contributed by atoms with Gasteiger partial charge in [-0.1, -0.05) is 82.9 Å². The molecule has 2 aliphatic carbocycles. The van der Waals surface area contributed by atoms with Crippen molar-refractivity contribution in [3.8, 4) is 17.2 Å². The van der Waals surface area contributed by atoms with Crippen molar-refractivity contribution in [2.24, 2.45) is 17.8 Å². The minimum absolute atomic E-state index is 0.107. The number of aliphatic hydroxyl groups excluding tert-OH is 1. The van der Waals surface area contributed by atoms with Gasteiger partial charge in [-0.3, -0.25) is 0 Å². The molecule has 0 aliphatic heterocycles. The van der Waals surface area contributed by atoms with Gasteiger partial charge < -0.3 is 19.3 Å². The average molecular weight is 915 g/mol. The third kappa shape index (κ3) is 15.3. The summed E-state index contributed by atoms with van der Waals surface area (Å²) in [7, 11) is -2.59. The maximum absolute atomic E-state index is 12.1. The molecule has 8 heteroatoms. The highest BCUT2D eigenvalue weighted by atomic mass is 32.3. The SMILES string of the molecule is C=C(C)C(=O)Oc1ccc(CCCS(C)(C)c2cc(C3CCC(C4CCC(CCCCC)CC4)CC3)cc(S(C)(C)CCCc3ccc(OC(=O)C(=C)C)cc3)c2OCCCO)cc1. The molecule has 2 saturated carbocycles. The molecule has 0 atom stereocenters. The Kier molecular flexibility index (Phi) is 20.0. The average Bonchev–Trinajstić information content (AvgIpc) is 3.27. The molecule has 0 bridgehead atoms. The van der Waals surface area contributed by atoms with Crippen LogP contribution in [0.15, 0.2) is 94.8 Å². The van der Waals surface area contributed by atoms with E-state index in [1.54, 1.807) is 13.8 Å². The van der Waals surface area contributed by atoms with Crippen LogP contribution in [0.4, 0.5) is 0 Å². The fourth-order valence-corrected chi connectivity index (χ4v) is 14.4. The zero-order valence-electron chi connectivity index (χ0n) is 40.7. The van der Waals surface area contributed by atoms with Crippen LogP contribution in [0, 0.1) is 17.8 Å². The quantitative estimate of drug-likeness (QED) is 0.0417. The number of rotatable bonds is 24. The Bertz CT molecular complexity index is 1860. The fraction of sp³-hybridized carbons (Fsp3) is 0.571. The van der Waals surface area contributed by atoms with Gasteiger partial charge in [0.1, 0.15) is 17.2 Å². The molecule has 5 rings (SSSR count). The van der Waals surface area contributed by atoms with Crippen molar-refractivity contribution in [3.05, 3.63) is 102 Å². The molecule has 0 heterocycles. The molecule has 0 radical (unpaired) electrons. The van der Waals surface area contributed by atoms with E-state index in [4.69, 9.17) is 14.2 Å². The molecular weight excluding hydrogens is 833 g/mol. The number of esters is 2. The molecular formula is C56H82O6S2. The first-order valence-electron chi connectivity index (χ1n) is 24.4. The molecule has 0 aromatic heterocycles. The van der Waals surface area contributed by atoms with E-state index >= 15 is 0 Å². The number of carbonyl (C=O) groups excluding carboxylic acids is 2. The molecule has 0 amide bonds. The summed E-state index contributed by atoms with van der Waals surface area (Å²) >= 11 is 0. The van der Waals surface area contributed by atoms with Gasteiger partial charge in [0, 0.05) is 34.0 Å². The van der Waals surface area contributed by atoms with Gasteiger partial charge in [-0.25, -0.2) is 29.6 Å². The van der Waals surface area contributed by atoms with Crippen LogP contribution in [-0.2, 0) is 22.4 Å². The molecule has 0 unspecified atom stereocenters. The number of ether oxygens (including phenoxy) is 3. The Morgan fingerprint density at radius 2 is 1.09 bits per heavy atom. The summed E-state index contributed by atoms with van der Waals surface area (Å²) in [6.07, 6.45) is 31.0. The topological polar surface area (TPSA) is 82.1 Å². The summed E-state index contributed by atoms with van der Waals surface area (Å²) < 4.78 is 17.8. The second kappa shape index (κ2) is 24.9. The molecule has 1 N–H and O–H groups in total. The van der Waals surface area contributed by atoms with E-state index in [1.165, 1.54) is 104 Å². The van der Waals surface area contributed by atoms with Crippen molar-refractivity contribution in [2.45, 2.75) is 146 Å². The van der Waals surface area contributed by atoms with Crippen LogP contribution >= 0.6 is 20.1 Å². The van der Waals surface area contributed by atoms with E-state index in [2.05, 4.69) is 81.5 Å². The number of hydrogen-bond donors (Lipinski definition) is 1. The minimum Gasteiger partial charge on any atom is -0.491 e. The van der Waals surface area contributed by atoms with Gasteiger partial charge in [0.05, 0.1) is 6.61 Å². The van der Waals surface area contributed by atoms with Gasteiger partial charge in [-0.2, -0.15) is 0 Å². The molecule has 2 fully saturated rings. The Morgan fingerprint density at radius 1 is 0.641 bits per heavy atom.